The Morgan fingerprint density at radius 2 is 2.13 bits per heavy atom. The van der Waals surface area contributed by atoms with Gasteiger partial charge in [0, 0.05) is 12.6 Å². The number of amides is 1. The fourth-order valence-corrected chi connectivity index (χ4v) is 3.98. The van der Waals surface area contributed by atoms with Gasteiger partial charge < -0.3 is 4.90 Å². The summed E-state index contributed by atoms with van der Waals surface area (Å²) in [6.07, 6.45) is 5.42. The van der Waals surface area contributed by atoms with Gasteiger partial charge in [-0.25, -0.2) is 0 Å². The van der Waals surface area contributed by atoms with Crippen molar-refractivity contribution < 1.29 is 4.79 Å². The first-order chi connectivity index (χ1) is 7.26. The molecular weight excluding hydrogens is 206 g/mol. The molecule has 0 N–H and O–H groups in total. The van der Waals surface area contributed by atoms with Gasteiger partial charge in [0.25, 0.3) is 5.24 Å². The predicted molar refractivity (Wildman–Crippen MR) is 65.1 cm³/mol. The lowest BCUT2D eigenvalue weighted by Gasteiger charge is -2.33. The molecule has 2 saturated carbocycles. The Balaban J connectivity index is 1.98. The van der Waals surface area contributed by atoms with Crippen LogP contribution in [0.25, 0.3) is 0 Å². The fourth-order valence-electron chi connectivity index (χ4n) is 3.30. The van der Waals surface area contributed by atoms with Gasteiger partial charge in [0.2, 0.25) is 0 Å². The third-order valence-electron chi connectivity index (χ3n) is 3.94. The van der Waals surface area contributed by atoms with Crippen LogP contribution >= 0.6 is 11.8 Å². The zero-order valence-electron chi connectivity index (χ0n) is 9.74. The third-order valence-corrected chi connectivity index (χ3v) is 4.71. The van der Waals surface area contributed by atoms with Crippen LogP contribution < -0.4 is 0 Å². The molecule has 0 aromatic rings. The molecule has 2 rings (SSSR count). The standard InChI is InChI=1S/C12H21NOS/c1-3-13(12(14)15-4-2)11-8-9-5-6-10(11)7-9/h9-11H,3-8H2,1-2H3. The van der Waals surface area contributed by atoms with E-state index in [1.165, 1.54) is 37.4 Å². The van der Waals surface area contributed by atoms with Gasteiger partial charge in [0.1, 0.15) is 0 Å². The highest BCUT2D eigenvalue weighted by atomic mass is 32.2. The first kappa shape index (κ1) is 11.3. The first-order valence-corrected chi connectivity index (χ1v) is 7.18. The zero-order valence-corrected chi connectivity index (χ0v) is 10.6. The van der Waals surface area contributed by atoms with Gasteiger partial charge in [-0.1, -0.05) is 25.1 Å². The highest BCUT2D eigenvalue weighted by Crippen LogP contribution is 2.47. The zero-order chi connectivity index (χ0) is 10.8. The quantitative estimate of drug-likeness (QED) is 0.737. The van der Waals surface area contributed by atoms with Crippen molar-refractivity contribution in [2.45, 2.75) is 45.6 Å². The molecule has 2 nitrogen and oxygen atoms in total. The number of fused-ring (bicyclic) bond motifs is 2. The summed E-state index contributed by atoms with van der Waals surface area (Å²) in [6, 6.07) is 0.570. The van der Waals surface area contributed by atoms with Crippen molar-refractivity contribution >= 4 is 17.0 Å². The maximum atomic E-state index is 11.9. The number of nitrogens with zero attached hydrogens (tertiary/aromatic N) is 1. The molecular formula is C12H21NOS. The largest absolute Gasteiger partial charge is 0.331 e. The lowest BCUT2D eigenvalue weighted by molar-refractivity contribution is 0.173. The summed E-state index contributed by atoms with van der Waals surface area (Å²) in [4.78, 5) is 14.0. The Morgan fingerprint density at radius 1 is 1.33 bits per heavy atom. The van der Waals surface area contributed by atoms with Crippen molar-refractivity contribution in [3.05, 3.63) is 0 Å². The topological polar surface area (TPSA) is 20.3 Å². The van der Waals surface area contributed by atoms with Gasteiger partial charge in [0.05, 0.1) is 0 Å². The number of thioether (sulfide) groups is 1. The number of hydrogen-bond acceptors (Lipinski definition) is 2. The second kappa shape index (κ2) is 4.77. The van der Waals surface area contributed by atoms with Crippen LogP contribution in [0.5, 0.6) is 0 Å². The number of carbonyl (C=O) groups excluding carboxylic acids is 1. The second-order valence-electron chi connectivity index (χ2n) is 4.73. The van der Waals surface area contributed by atoms with Crippen LogP contribution in [0, 0.1) is 11.8 Å². The number of carbonyl (C=O) groups is 1. The fraction of sp³-hybridized carbons (Fsp3) is 0.917. The molecule has 0 aromatic carbocycles. The smallest absolute Gasteiger partial charge is 0.281 e. The van der Waals surface area contributed by atoms with Crippen molar-refractivity contribution in [3.8, 4) is 0 Å². The molecule has 3 unspecified atom stereocenters. The van der Waals surface area contributed by atoms with E-state index in [-0.39, 0.29) is 0 Å². The van der Waals surface area contributed by atoms with Crippen LogP contribution in [0.1, 0.15) is 39.5 Å². The Kier molecular flexibility index (Phi) is 3.60. The van der Waals surface area contributed by atoms with E-state index in [4.69, 9.17) is 0 Å². The maximum Gasteiger partial charge on any atom is 0.281 e. The molecule has 3 heteroatoms. The maximum absolute atomic E-state index is 11.9. The summed E-state index contributed by atoms with van der Waals surface area (Å²) >= 11 is 1.47. The van der Waals surface area contributed by atoms with Crippen molar-refractivity contribution in [2.75, 3.05) is 12.3 Å². The Hall–Kier alpha value is -0.180. The molecule has 0 saturated heterocycles. The first-order valence-electron chi connectivity index (χ1n) is 6.19. The van der Waals surface area contributed by atoms with E-state index in [0.29, 0.717) is 11.3 Å². The molecule has 0 heterocycles. The third kappa shape index (κ3) is 2.17. The summed E-state index contributed by atoms with van der Waals surface area (Å²) in [5.41, 5.74) is 0. The molecule has 15 heavy (non-hydrogen) atoms. The highest BCUT2D eigenvalue weighted by molar-refractivity contribution is 8.13. The minimum Gasteiger partial charge on any atom is -0.331 e. The van der Waals surface area contributed by atoms with Crippen molar-refractivity contribution in [3.63, 3.8) is 0 Å². The monoisotopic (exact) mass is 227 g/mol. The van der Waals surface area contributed by atoms with Crippen LogP contribution in [0.15, 0.2) is 0 Å². The van der Waals surface area contributed by atoms with Gasteiger partial charge >= 0.3 is 0 Å². The van der Waals surface area contributed by atoms with Gasteiger partial charge in [-0.3, -0.25) is 4.79 Å². The minimum absolute atomic E-state index is 0.303. The van der Waals surface area contributed by atoms with Gasteiger partial charge in [-0.2, -0.15) is 0 Å². The molecule has 2 aliphatic carbocycles. The predicted octanol–water partition coefficient (Wildman–Crippen LogP) is 3.37. The van der Waals surface area contributed by atoms with Crippen molar-refractivity contribution in [1.82, 2.24) is 4.90 Å². The summed E-state index contributed by atoms with van der Waals surface area (Å²) in [5.74, 6) is 2.64. The summed E-state index contributed by atoms with van der Waals surface area (Å²) in [5, 5.41) is 0.303. The molecule has 2 aliphatic rings. The van der Waals surface area contributed by atoms with Crippen LogP contribution in [-0.4, -0.2) is 28.5 Å². The van der Waals surface area contributed by atoms with E-state index >= 15 is 0 Å². The SMILES string of the molecule is CCSC(=O)N(CC)C1CC2CCC1C2. The summed E-state index contributed by atoms with van der Waals surface area (Å²) in [7, 11) is 0. The van der Waals surface area contributed by atoms with Gasteiger partial charge in [0.15, 0.2) is 0 Å². The molecule has 0 aliphatic heterocycles. The average molecular weight is 227 g/mol. The highest BCUT2D eigenvalue weighted by Gasteiger charge is 2.43. The van der Waals surface area contributed by atoms with Crippen LogP contribution in [0.3, 0.4) is 0 Å². The second-order valence-corrected chi connectivity index (χ2v) is 5.94. The Morgan fingerprint density at radius 3 is 2.60 bits per heavy atom. The van der Waals surface area contributed by atoms with Crippen LogP contribution in [-0.2, 0) is 0 Å². The molecule has 0 spiro atoms. The molecule has 0 aromatic heterocycles. The number of hydrogen-bond donors (Lipinski definition) is 0. The van der Waals surface area contributed by atoms with E-state index in [0.717, 1.165) is 24.1 Å². The van der Waals surface area contributed by atoms with Gasteiger partial charge in [-0.05, 0) is 43.8 Å². The van der Waals surface area contributed by atoms with E-state index < -0.39 is 0 Å². The molecule has 2 bridgehead atoms. The van der Waals surface area contributed by atoms with E-state index in [2.05, 4.69) is 18.7 Å². The van der Waals surface area contributed by atoms with Crippen LogP contribution in [0.2, 0.25) is 0 Å². The lowest BCUT2D eigenvalue weighted by atomic mass is 9.94. The van der Waals surface area contributed by atoms with E-state index in [1.807, 2.05) is 0 Å². The molecule has 0 radical (unpaired) electrons. The van der Waals surface area contributed by atoms with Crippen LogP contribution in [0.4, 0.5) is 4.79 Å². The number of rotatable bonds is 3. The van der Waals surface area contributed by atoms with E-state index in [9.17, 15) is 4.79 Å². The Labute approximate surface area is 96.8 Å². The van der Waals surface area contributed by atoms with Crippen molar-refractivity contribution in [1.29, 1.82) is 0 Å². The average Bonchev–Trinajstić information content (AvgIpc) is 2.81. The van der Waals surface area contributed by atoms with E-state index in [1.54, 1.807) is 0 Å². The normalized spacial score (nSPS) is 33.3. The lowest BCUT2D eigenvalue weighted by Crippen LogP contribution is -2.41. The molecule has 2 fully saturated rings. The summed E-state index contributed by atoms with van der Waals surface area (Å²) < 4.78 is 0. The van der Waals surface area contributed by atoms with Crippen molar-refractivity contribution in [2.24, 2.45) is 11.8 Å². The van der Waals surface area contributed by atoms with Gasteiger partial charge in [-0.15, -0.1) is 0 Å². The Bertz CT molecular complexity index is 244. The molecule has 86 valence electrons. The minimum atomic E-state index is 0.303. The summed E-state index contributed by atoms with van der Waals surface area (Å²) in [6.45, 7) is 5.05. The molecule has 1 amide bonds. The molecule has 3 atom stereocenters.